The molecule has 0 aromatic carbocycles. The fraction of sp³-hybridized carbons (Fsp3) is 0.714. The number of likely N-dealkylation sites (tertiary alicyclic amines) is 1. The Morgan fingerprint density at radius 3 is 2.83 bits per heavy atom. The van der Waals surface area contributed by atoms with Crippen molar-refractivity contribution in [2.24, 2.45) is 0 Å². The Labute approximate surface area is 176 Å². The first-order valence-corrected chi connectivity index (χ1v) is 11.6. The van der Waals surface area contributed by atoms with Crippen LogP contribution >= 0.6 is 0 Å². The summed E-state index contributed by atoms with van der Waals surface area (Å²) >= 11 is -1.27. The molecular formula is C21H33N3O4S. The van der Waals surface area contributed by atoms with Gasteiger partial charge in [0.2, 0.25) is 0 Å². The third-order valence-corrected chi connectivity index (χ3v) is 7.42. The van der Waals surface area contributed by atoms with E-state index in [1.165, 1.54) is 4.90 Å². The third kappa shape index (κ3) is 4.98. The van der Waals surface area contributed by atoms with Crippen LogP contribution in [0, 0.1) is 0 Å². The molecule has 162 valence electrons. The highest BCUT2D eigenvalue weighted by molar-refractivity contribution is 7.94. The molecular weight excluding hydrogens is 390 g/mol. The van der Waals surface area contributed by atoms with Crippen LogP contribution in [0.3, 0.4) is 0 Å². The molecule has 0 spiro atoms. The van der Waals surface area contributed by atoms with E-state index in [0.29, 0.717) is 19.5 Å². The van der Waals surface area contributed by atoms with Crippen molar-refractivity contribution in [3.63, 3.8) is 0 Å². The number of anilines is 1. The van der Waals surface area contributed by atoms with Crippen molar-refractivity contribution >= 4 is 23.3 Å². The average Bonchev–Trinajstić information content (AvgIpc) is 3.14. The molecule has 1 N–H and O–H groups in total. The highest BCUT2D eigenvalue weighted by Crippen LogP contribution is 2.38. The molecule has 2 aliphatic heterocycles. The van der Waals surface area contributed by atoms with Gasteiger partial charge in [-0.15, -0.1) is 0 Å². The Kier molecular flexibility index (Phi) is 6.96. The van der Waals surface area contributed by atoms with Crippen molar-refractivity contribution in [2.45, 2.75) is 82.8 Å². The minimum atomic E-state index is -1.27. The summed E-state index contributed by atoms with van der Waals surface area (Å²) in [6.07, 6.45) is 4.85. The minimum absolute atomic E-state index is 0.0451. The van der Waals surface area contributed by atoms with Crippen molar-refractivity contribution in [1.82, 2.24) is 9.88 Å². The summed E-state index contributed by atoms with van der Waals surface area (Å²) < 4.78 is 21.6. The normalized spacial score (nSPS) is 24.3. The average molecular weight is 424 g/mol. The second-order valence-corrected chi connectivity index (χ2v) is 11.0. The van der Waals surface area contributed by atoms with Gasteiger partial charge in [0.1, 0.15) is 10.8 Å². The van der Waals surface area contributed by atoms with Crippen LogP contribution in [0.2, 0.25) is 0 Å². The monoisotopic (exact) mass is 423 g/mol. The molecule has 2 aliphatic rings. The number of nitrogens with zero attached hydrogens (tertiary/aromatic N) is 3. The van der Waals surface area contributed by atoms with Gasteiger partial charge in [-0.1, -0.05) is 19.4 Å². The van der Waals surface area contributed by atoms with E-state index in [2.05, 4.69) is 18.0 Å². The number of amides is 1. The zero-order chi connectivity index (χ0) is 21.2. The van der Waals surface area contributed by atoms with Crippen LogP contribution in [0.5, 0.6) is 0 Å². The molecule has 3 rings (SSSR count). The molecule has 1 saturated heterocycles. The fourth-order valence-corrected chi connectivity index (χ4v) is 5.53. The van der Waals surface area contributed by atoms with E-state index in [9.17, 15) is 14.5 Å². The van der Waals surface area contributed by atoms with E-state index in [4.69, 9.17) is 4.74 Å². The molecule has 29 heavy (non-hydrogen) atoms. The summed E-state index contributed by atoms with van der Waals surface area (Å²) in [5.41, 5.74) is 1.12. The third-order valence-electron chi connectivity index (χ3n) is 5.57. The largest absolute Gasteiger partial charge is 0.592 e. The summed E-state index contributed by atoms with van der Waals surface area (Å²) in [6.45, 7) is 8.97. The number of hydrogen-bond donors (Lipinski definition) is 1. The maximum absolute atomic E-state index is 13.5. The van der Waals surface area contributed by atoms with Gasteiger partial charge < -0.3 is 19.3 Å². The number of aromatic nitrogens is 1. The highest BCUT2D eigenvalue weighted by Gasteiger charge is 2.45. The molecule has 7 nitrogen and oxygen atoms in total. The number of aryl methyl sites for hydroxylation is 1. The van der Waals surface area contributed by atoms with Crippen LogP contribution in [0.1, 0.15) is 58.9 Å². The maximum atomic E-state index is 13.5. The highest BCUT2D eigenvalue weighted by atomic mass is 32.2. The molecule has 8 heteroatoms. The number of carbonyl (C=O) groups is 1. The first kappa shape index (κ1) is 22.2. The predicted molar refractivity (Wildman–Crippen MR) is 115 cm³/mol. The van der Waals surface area contributed by atoms with Crippen LogP contribution in [0.25, 0.3) is 0 Å². The first-order valence-electron chi connectivity index (χ1n) is 10.5. The van der Waals surface area contributed by atoms with E-state index in [1.54, 1.807) is 6.20 Å². The van der Waals surface area contributed by atoms with Gasteiger partial charge in [0.05, 0.1) is 30.1 Å². The fourth-order valence-electron chi connectivity index (χ4n) is 4.13. The molecule has 3 heterocycles. The van der Waals surface area contributed by atoms with E-state index in [0.717, 1.165) is 37.1 Å². The second-order valence-electron chi connectivity index (χ2n) is 8.88. The lowest BCUT2D eigenvalue weighted by atomic mass is 9.94. The topological polar surface area (TPSA) is 89.0 Å². The summed E-state index contributed by atoms with van der Waals surface area (Å²) in [5, 5.41) is 9.24. The molecule has 0 saturated carbocycles. The molecule has 4 atom stereocenters. The summed E-state index contributed by atoms with van der Waals surface area (Å²) in [5.74, 6) is 0.792. The number of ether oxygens (including phenoxy) is 1. The van der Waals surface area contributed by atoms with Gasteiger partial charge in [-0.25, -0.2) is 9.78 Å². The number of rotatable bonds is 6. The van der Waals surface area contributed by atoms with E-state index < -0.39 is 22.2 Å². The van der Waals surface area contributed by atoms with Crippen LogP contribution < -0.4 is 4.31 Å². The SMILES string of the molecule is CCCC(OC1CCN(C(=O)O)C1)C1CCc2cccnc2N1[S+]([O-])C(C)(C)C. The van der Waals surface area contributed by atoms with Crippen molar-refractivity contribution in [2.75, 3.05) is 17.4 Å². The molecule has 0 bridgehead atoms. The summed E-state index contributed by atoms with van der Waals surface area (Å²) in [7, 11) is 0. The second kappa shape index (κ2) is 9.10. The Morgan fingerprint density at radius 1 is 1.45 bits per heavy atom. The van der Waals surface area contributed by atoms with Gasteiger partial charge in [0, 0.05) is 12.7 Å². The van der Waals surface area contributed by atoms with Gasteiger partial charge in [-0.05, 0) is 58.1 Å². The Bertz CT molecular complexity index is 711. The van der Waals surface area contributed by atoms with Crippen molar-refractivity contribution in [1.29, 1.82) is 0 Å². The number of hydrogen-bond acceptors (Lipinski definition) is 5. The van der Waals surface area contributed by atoms with Crippen LogP contribution in [0.15, 0.2) is 18.3 Å². The standard InChI is InChI=1S/C21H33N3O4S/c1-5-7-18(28-16-11-13-23(14-16)20(25)26)17-10-9-15-8-6-12-22-19(15)24(17)29(27)21(2,3)4/h6,8,12,16-18H,5,7,9-11,13-14H2,1-4H3,(H,25,26). The maximum Gasteiger partial charge on any atom is 0.407 e. The van der Waals surface area contributed by atoms with Crippen molar-refractivity contribution in [3.8, 4) is 0 Å². The van der Waals surface area contributed by atoms with Crippen molar-refractivity contribution < 1.29 is 19.2 Å². The molecule has 0 radical (unpaired) electrons. The van der Waals surface area contributed by atoms with E-state index in [-0.39, 0.29) is 18.2 Å². The Balaban J connectivity index is 1.86. The zero-order valence-corrected chi connectivity index (χ0v) is 18.7. The lowest BCUT2D eigenvalue weighted by Gasteiger charge is -2.44. The van der Waals surface area contributed by atoms with E-state index in [1.807, 2.05) is 31.1 Å². The quantitative estimate of drug-likeness (QED) is 0.703. The lowest BCUT2D eigenvalue weighted by molar-refractivity contribution is -0.0243. The Hall–Kier alpha value is -1.51. The predicted octanol–water partition coefficient (Wildman–Crippen LogP) is 3.60. The van der Waals surface area contributed by atoms with Gasteiger partial charge in [-0.3, -0.25) is 0 Å². The smallest absolute Gasteiger partial charge is 0.407 e. The van der Waals surface area contributed by atoms with Gasteiger partial charge in [-0.2, -0.15) is 4.31 Å². The lowest BCUT2D eigenvalue weighted by Crippen LogP contribution is -2.56. The van der Waals surface area contributed by atoms with Crippen LogP contribution in [0.4, 0.5) is 10.6 Å². The molecule has 1 amide bonds. The van der Waals surface area contributed by atoms with Crippen molar-refractivity contribution in [3.05, 3.63) is 23.9 Å². The summed E-state index contributed by atoms with van der Waals surface area (Å²) in [6, 6.07) is 3.94. The van der Waals surface area contributed by atoms with Crippen LogP contribution in [-0.2, 0) is 22.5 Å². The van der Waals surface area contributed by atoms with Gasteiger partial charge in [0.25, 0.3) is 0 Å². The first-order chi connectivity index (χ1) is 13.7. The van der Waals surface area contributed by atoms with E-state index >= 15 is 0 Å². The number of pyridine rings is 1. The minimum Gasteiger partial charge on any atom is -0.592 e. The molecule has 1 fully saturated rings. The number of fused-ring (bicyclic) bond motifs is 1. The van der Waals surface area contributed by atoms with Crippen LogP contribution in [-0.4, -0.2) is 61.7 Å². The van der Waals surface area contributed by atoms with Gasteiger partial charge >= 0.3 is 6.09 Å². The molecule has 4 unspecified atom stereocenters. The summed E-state index contributed by atoms with van der Waals surface area (Å²) in [4.78, 5) is 17.3. The molecule has 1 aromatic rings. The zero-order valence-electron chi connectivity index (χ0n) is 17.8. The number of carboxylic acid groups (broad SMARTS) is 1. The molecule has 0 aliphatic carbocycles. The van der Waals surface area contributed by atoms with Gasteiger partial charge in [0.15, 0.2) is 5.82 Å². The Morgan fingerprint density at radius 2 is 2.21 bits per heavy atom. The molecule has 1 aromatic heterocycles.